The molecule has 0 saturated carbocycles. The van der Waals surface area contributed by atoms with Gasteiger partial charge in [0.25, 0.3) is 10.0 Å². The van der Waals surface area contributed by atoms with E-state index in [1.165, 1.54) is 17.3 Å². The third kappa shape index (κ3) is 3.71. The smallest absolute Gasteiger partial charge is 0.257 e. The zero-order chi connectivity index (χ0) is 15.8. The van der Waals surface area contributed by atoms with Crippen LogP contribution in [-0.2, 0) is 16.6 Å². The Bertz CT molecular complexity index is 741. The fourth-order valence-corrected chi connectivity index (χ4v) is 2.98. The van der Waals surface area contributed by atoms with Gasteiger partial charge in [0.2, 0.25) is 0 Å². The molecule has 0 fully saturated rings. The normalized spacial score (nSPS) is 12.1. The number of benzene rings is 1. The Labute approximate surface area is 125 Å². The second kappa shape index (κ2) is 5.61. The molecule has 6 heteroatoms. The van der Waals surface area contributed by atoms with Gasteiger partial charge in [0.1, 0.15) is 5.82 Å². The highest BCUT2D eigenvalue weighted by Gasteiger charge is 2.18. The van der Waals surface area contributed by atoms with Gasteiger partial charge in [-0.15, -0.1) is 0 Å². The summed E-state index contributed by atoms with van der Waals surface area (Å²) in [6.45, 7) is 8.63. The van der Waals surface area contributed by atoms with E-state index in [1.54, 1.807) is 0 Å². The highest BCUT2D eigenvalue weighted by molar-refractivity contribution is 7.89. The molecule has 0 saturated heterocycles. The van der Waals surface area contributed by atoms with E-state index >= 15 is 0 Å². The van der Waals surface area contributed by atoms with E-state index in [2.05, 4.69) is 23.2 Å². The molecule has 0 unspecified atom stereocenters. The molecular weight excluding hydrogens is 286 g/mol. The summed E-state index contributed by atoms with van der Waals surface area (Å²) in [4.78, 5) is 4.17. The molecule has 0 aliphatic heterocycles. The van der Waals surface area contributed by atoms with Crippen molar-refractivity contribution in [2.75, 3.05) is 0 Å². The number of imidazole rings is 1. The van der Waals surface area contributed by atoms with Crippen molar-refractivity contribution in [2.24, 2.45) is 5.14 Å². The lowest BCUT2D eigenvalue weighted by Crippen LogP contribution is -2.12. The van der Waals surface area contributed by atoms with Crippen LogP contribution >= 0.6 is 0 Å². The average Bonchev–Trinajstić information content (AvgIpc) is 2.71. The summed E-state index contributed by atoms with van der Waals surface area (Å²) in [5.41, 5.74) is 3.48. The van der Waals surface area contributed by atoms with Gasteiger partial charge in [0.05, 0.1) is 0 Å². The number of hydrogen-bond acceptors (Lipinski definition) is 3. The molecule has 2 aromatic rings. The van der Waals surface area contributed by atoms with Crippen LogP contribution in [0.4, 0.5) is 0 Å². The number of nitrogens with zero attached hydrogens (tertiary/aromatic N) is 2. The Morgan fingerprint density at radius 2 is 1.76 bits per heavy atom. The van der Waals surface area contributed by atoms with Gasteiger partial charge < -0.3 is 4.57 Å². The molecular formula is C15H21N3O2S. The molecule has 0 spiro atoms. The average molecular weight is 307 g/mol. The summed E-state index contributed by atoms with van der Waals surface area (Å²) in [5.74, 6) is 0.838. The van der Waals surface area contributed by atoms with Crippen LogP contribution in [-0.4, -0.2) is 18.0 Å². The van der Waals surface area contributed by atoms with Crippen LogP contribution in [0.5, 0.6) is 0 Å². The van der Waals surface area contributed by atoms with Crippen LogP contribution in [0.15, 0.2) is 29.4 Å². The molecule has 5 nitrogen and oxygen atoms in total. The third-order valence-electron chi connectivity index (χ3n) is 3.23. The van der Waals surface area contributed by atoms with Gasteiger partial charge in [0, 0.05) is 18.7 Å². The fourth-order valence-electron chi connectivity index (χ4n) is 2.49. The number of rotatable bonds is 4. The Hall–Kier alpha value is -1.66. The van der Waals surface area contributed by atoms with Crippen LogP contribution in [0.25, 0.3) is 0 Å². The summed E-state index contributed by atoms with van der Waals surface area (Å²) in [6, 6.07) is 6.29. The van der Waals surface area contributed by atoms with Gasteiger partial charge >= 0.3 is 0 Å². The summed E-state index contributed by atoms with van der Waals surface area (Å²) in [5, 5.41) is 5.10. The third-order valence-corrected chi connectivity index (χ3v) is 4.01. The largest absolute Gasteiger partial charge is 0.329 e. The predicted molar refractivity (Wildman–Crippen MR) is 82.7 cm³/mol. The van der Waals surface area contributed by atoms with Crippen molar-refractivity contribution in [3.8, 4) is 0 Å². The van der Waals surface area contributed by atoms with E-state index in [4.69, 9.17) is 5.14 Å². The topological polar surface area (TPSA) is 78.0 Å². The van der Waals surface area contributed by atoms with Gasteiger partial charge in [0.15, 0.2) is 5.03 Å². The molecule has 0 amide bonds. The highest BCUT2D eigenvalue weighted by Crippen LogP contribution is 2.19. The van der Waals surface area contributed by atoms with Crippen molar-refractivity contribution in [2.45, 2.75) is 45.2 Å². The maximum absolute atomic E-state index is 11.5. The van der Waals surface area contributed by atoms with Crippen LogP contribution in [0.2, 0.25) is 0 Å². The van der Waals surface area contributed by atoms with Gasteiger partial charge in [-0.1, -0.05) is 43.2 Å². The van der Waals surface area contributed by atoms with E-state index in [9.17, 15) is 8.42 Å². The molecule has 0 atom stereocenters. The first-order valence-electron chi connectivity index (χ1n) is 6.84. The second-order valence-corrected chi connectivity index (χ2v) is 7.27. The standard InChI is InChI=1S/C15H21N3O2S/c1-10(2)15-17-14(21(16,19)20)9-18(15)8-13-6-11(3)5-12(4)7-13/h5-7,9-10H,8H2,1-4H3,(H2,16,19,20). The van der Waals surface area contributed by atoms with Crippen molar-refractivity contribution >= 4 is 10.0 Å². The minimum Gasteiger partial charge on any atom is -0.329 e. The first kappa shape index (κ1) is 15.7. The Balaban J connectivity index is 2.45. The van der Waals surface area contributed by atoms with Crippen LogP contribution in [0.1, 0.15) is 42.3 Å². The van der Waals surface area contributed by atoms with E-state index in [-0.39, 0.29) is 10.9 Å². The molecule has 0 bridgehead atoms. The number of primary sulfonamides is 1. The minimum absolute atomic E-state index is 0.0735. The molecule has 1 aromatic carbocycles. The lowest BCUT2D eigenvalue weighted by molar-refractivity contribution is 0.594. The number of aryl methyl sites for hydroxylation is 2. The van der Waals surface area contributed by atoms with Gasteiger partial charge in [-0.05, 0) is 19.4 Å². The highest BCUT2D eigenvalue weighted by atomic mass is 32.2. The minimum atomic E-state index is -3.78. The monoisotopic (exact) mass is 307 g/mol. The number of nitrogens with two attached hydrogens (primary N) is 1. The molecule has 0 aliphatic rings. The predicted octanol–water partition coefficient (Wildman–Crippen LogP) is 2.32. The summed E-state index contributed by atoms with van der Waals surface area (Å²) >= 11 is 0. The molecule has 2 rings (SSSR count). The van der Waals surface area contributed by atoms with Crippen LogP contribution in [0, 0.1) is 13.8 Å². The van der Waals surface area contributed by atoms with Gasteiger partial charge in [-0.3, -0.25) is 0 Å². The maximum atomic E-state index is 11.5. The Kier molecular flexibility index (Phi) is 4.20. The number of sulfonamides is 1. The summed E-state index contributed by atoms with van der Waals surface area (Å²) in [7, 11) is -3.78. The lowest BCUT2D eigenvalue weighted by atomic mass is 10.1. The maximum Gasteiger partial charge on any atom is 0.257 e. The summed E-state index contributed by atoms with van der Waals surface area (Å²) in [6.07, 6.45) is 1.52. The SMILES string of the molecule is Cc1cc(C)cc(Cn2cc(S(N)(=O)=O)nc2C(C)C)c1. The number of aromatic nitrogens is 2. The molecule has 0 aliphatic carbocycles. The van der Waals surface area contributed by atoms with Crippen molar-refractivity contribution in [3.63, 3.8) is 0 Å². The van der Waals surface area contributed by atoms with Gasteiger partial charge in [-0.2, -0.15) is 0 Å². The molecule has 1 heterocycles. The van der Waals surface area contributed by atoms with Crippen molar-refractivity contribution in [3.05, 3.63) is 46.9 Å². The van der Waals surface area contributed by atoms with Crippen LogP contribution in [0.3, 0.4) is 0 Å². The summed E-state index contributed by atoms with van der Waals surface area (Å²) < 4.78 is 24.8. The Morgan fingerprint density at radius 3 is 2.24 bits per heavy atom. The van der Waals surface area contributed by atoms with Crippen molar-refractivity contribution in [1.82, 2.24) is 9.55 Å². The molecule has 114 valence electrons. The zero-order valence-electron chi connectivity index (χ0n) is 12.8. The van der Waals surface area contributed by atoms with Gasteiger partial charge in [-0.25, -0.2) is 18.5 Å². The quantitative estimate of drug-likeness (QED) is 0.941. The van der Waals surface area contributed by atoms with E-state index in [0.717, 1.165) is 11.4 Å². The van der Waals surface area contributed by atoms with Crippen molar-refractivity contribution in [1.29, 1.82) is 0 Å². The number of hydrogen-bond donors (Lipinski definition) is 1. The van der Waals surface area contributed by atoms with E-state index < -0.39 is 10.0 Å². The molecule has 2 N–H and O–H groups in total. The van der Waals surface area contributed by atoms with E-state index in [1.807, 2.05) is 32.3 Å². The van der Waals surface area contributed by atoms with Crippen LogP contribution < -0.4 is 5.14 Å². The fraction of sp³-hybridized carbons (Fsp3) is 0.400. The lowest BCUT2D eigenvalue weighted by Gasteiger charge is -2.11. The second-order valence-electron chi connectivity index (χ2n) is 5.76. The van der Waals surface area contributed by atoms with E-state index in [0.29, 0.717) is 6.54 Å². The Morgan fingerprint density at radius 1 is 1.19 bits per heavy atom. The van der Waals surface area contributed by atoms with Crippen molar-refractivity contribution < 1.29 is 8.42 Å². The molecule has 21 heavy (non-hydrogen) atoms. The zero-order valence-corrected chi connectivity index (χ0v) is 13.6. The molecule has 0 radical (unpaired) electrons. The molecule has 1 aromatic heterocycles. The first-order valence-corrected chi connectivity index (χ1v) is 8.38. The first-order chi connectivity index (χ1) is 9.66.